The molecule has 0 radical (unpaired) electrons. The van der Waals surface area contributed by atoms with Gasteiger partial charge in [-0.3, -0.25) is 0 Å². The molecule has 1 unspecified atom stereocenters. The van der Waals surface area contributed by atoms with Gasteiger partial charge in [-0.2, -0.15) is 0 Å². The summed E-state index contributed by atoms with van der Waals surface area (Å²) in [6, 6.07) is 0. The van der Waals surface area contributed by atoms with Gasteiger partial charge in [0.15, 0.2) is 0 Å². The van der Waals surface area contributed by atoms with E-state index in [1.807, 2.05) is 6.66 Å². The third-order valence-corrected chi connectivity index (χ3v) is 1.00. The van der Waals surface area contributed by atoms with Crippen LogP contribution in [0.1, 0.15) is 26.2 Å². The summed E-state index contributed by atoms with van der Waals surface area (Å²) in [7, 11) is 2.42. The Bertz CT molecular complexity index is 20.5. The van der Waals surface area contributed by atoms with Gasteiger partial charge in [-0.1, -0.05) is 26.4 Å². The molecule has 0 aromatic heterocycles. The van der Waals surface area contributed by atoms with Crippen LogP contribution in [0.3, 0.4) is 0 Å². The molecule has 0 nitrogen and oxygen atoms in total. The summed E-state index contributed by atoms with van der Waals surface area (Å²) in [6.07, 6.45) is 3.73. The first-order valence-corrected chi connectivity index (χ1v) is 4.74. The standard InChI is InChI=1S/C5H11Cl.CH5P/c1-2-3-4-5-6;1-2/h2-5H2,1H3;2H2,1H3. The van der Waals surface area contributed by atoms with E-state index < -0.39 is 0 Å². The Labute approximate surface area is 60.2 Å². The molecule has 0 aromatic rings. The lowest BCUT2D eigenvalue weighted by atomic mass is 10.3. The predicted molar refractivity (Wildman–Crippen MR) is 45.9 cm³/mol. The van der Waals surface area contributed by atoms with E-state index in [0.717, 1.165) is 5.88 Å². The molecule has 0 aromatic carbocycles. The van der Waals surface area contributed by atoms with Crippen LogP contribution in [-0.4, -0.2) is 12.5 Å². The van der Waals surface area contributed by atoms with Crippen LogP contribution in [0.5, 0.6) is 0 Å². The Morgan fingerprint density at radius 1 is 1.25 bits per heavy atom. The van der Waals surface area contributed by atoms with Crippen LogP contribution in [0.2, 0.25) is 0 Å². The fourth-order valence-corrected chi connectivity index (χ4v) is 0.533. The number of alkyl halides is 1. The zero-order valence-electron chi connectivity index (χ0n) is 5.78. The Hall–Kier alpha value is 0.720. The minimum atomic E-state index is 0.827. The summed E-state index contributed by atoms with van der Waals surface area (Å²) in [5.41, 5.74) is 0. The quantitative estimate of drug-likeness (QED) is 0.333. The Morgan fingerprint density at radius 2 is 1.75 bits per heavy atom. The number of rotatable bonds is 3. The van der Waals surface area contributed by atoms with E-state index in [1.54, 1.807) is 0 Å². The molecule has 1 atom stereocenters. The molecule has 0 spiro atoms. The van der Waals surface area contributed by atoms with Crippen LogP contribution in [0.25, 0.3) is 0 Å². The van der Waals surface area contributed by atoms with Gasteiger partial charge < -0.3 is 0 Å². The van der Waals surface area contributed by atoms with Gasteiger partial charge in [0.05, 0.1) is 0 Å². The van der Waals surface area contributed by atoms with Crippen molar-refractivity contribution in [3.63, 3.8) is 0 Å². The normalized spacial score (nSPS) is 7.50. The summed E-state index contributed by atoms with van der Waals surface area (Å²) in [5, 5.41) is 0. The maximum atomic E-state index is 5.38. The summed E-state index contributed by atoms with van der Waals surface area (Å²) in [4.78, 5) is 0. The summed E-state index contributed by atoms with van der Waals surface area (Å²) >= 11 is 5.38. The highest BCUT2D eigenvalue weighted by molar-refractivity contribution is 7.15. The summed E-state index contributed by atoms with van der Waals surface area (Å²) in [6.45, 7) is 4.09. The highest BCUT2D eigenvalue weighted by Gasteiger charge is 1.76. The van der Waals surface area contributed by atoms with E-state index in [0.29, 0.717) is 0 Å². The average molecular weight is 155 g/mol. The third kappa shape index (κ3) is 15.9. The SMILES string of the molecule is CCCCCCl.CP. The monoisotopic (exact) mass is 154 g/mol. The molecule has 0 aliphatic rings. The average Bonchev–Trinajstić information content (AvgIpc) is 1.88. The van der Waals surface area contributed by atoms with Crippen LogP contribution in [-0.2, 0) is 0 Å². The number of hydrogen-bond acceptors (Lipinski definition) is 0. The minimum Gasteiger partial charge on any atom is -0.141 e. The minimum absolute atomic E-state index is 0.827. The molecule has 0 saturated heterocycles. The largest absolute Gasteiger partial charge is 0.141 e. The van der Waals surface area contributed by atoms with Crippen molar-refractivity contribution in [1.29, 1.82) is 0 Å². The molecule has 2 heteroatoms. The van der Waals surface area contributed by atoms with Crippen LogP contribution < -0.4 is 0 Å². The van der Waals surface area contributed by atoms with Gasteiger partial charge in [0, 0.05) is 5.88 Å². The summed E-state index contributed by atoms with van der Waals surface area (Å²) < 4.78 is 0. The molecule has 0 aliphatic heterocycles. The van der Waals surface area contributed by atoms with Crippen molar-refractivity contribution in [1.82, 2.24) is 0 Å². The van der Waals surface area contributed by atoms with E-state index in [2.05, 4.69) is 16.2 Å². The van der Waals surface area contributed by atoms with Gasteiger partial charge in [0.25, 0.3) is 0 Å². The van der Waals surface area contributed by atoms with Crippen LogP contribution >= 0.6 is 20.8 Å². The van der Waals surface area contributed by atoms with Crippen molar-refractivity contribution in [3.8, 4) is 0 Å². The molecule has 8 heavy (non-hydrogen) atoms. The molecule has 0 aliphatic carbocycles. The molecule has 0 fully saturated rings. The molecule has 0 bridgehead atoms. The second-order valence-electron chi connectivity index (χ2n) is 1.40. The molecule has 0 rings (SSSR count). The topological polar surface area (TPSA) is 0 Å². The van der Waals surface area contributed by atoms with Crippen molar-refractivity contribution < 1.29 is 0 Å². The first kappa shape index (κ1) is 11.5. The van der Waals surface area contributed by atoms with Gasteiger partial charge in [-0.15, -0.1) is 20.8 Å². The fourth-order valence-electron chi connectivity index (χ4n) is 0.344. The van der Waals surface area contributed by atoms with Crippen LogP contribution in [0.4, 0.5) is 0 Å². The lowest BCUT2D eigenvalue weighted by molar-refractivity contribution is 0.776. The molecule has 0 N–H and O–H groups in total. The second kappa shape index (κ2) is 15.6. The second-order valence-corrected chi connectivity index (χ2v) is 1.77. The lowest BCUT2D eigenvalue weighted by Crippen LogP contribution is -1.70. The smallest absolute Gasteiger partial charge is 0.0223 e. The van der Waals surface area contributed by atoms with Gasteiger partial charge in [-0.25, -0.2) is 0 Å². The van der Waals surface area contributed by atoms with Crippen molar-refractivity contribution in [3.05, 3.63) is 0 Å². The molecule has 0 saturated carbocycles. The Kier molecular flexibility index (Phi) is 22.5. The van der Waals surface area contributed by atoms with Crippen molar-refractivity contribution in [2.24, 2.45) is 0 Å². The molecular weight excluding hydrogens is 138 g/mol. The first-order valence-electron chi connectivity index (χ1n) is 3.05. The maximum absolute atomic E-state index is 5.38. The first-order chi connectivity index (χ1) is 3.91. The van der Waals surface area contributed by atoms with Gasteiger partial charge in [0.1, 0.15) is 0 Å². The zero-order valence-corrected chi connectivity index (χ0v) is 7.69. The summed E-state index contributed by atoms with van der Waals surface area (Å²) in [5.74, 6) is 0.827. The van der Waals surface area contributed by atoms with Gasteiger partial charge >= 0.3 is 0 Å². The Morgan fingerprint density at radius 3 is 1.88 bits per heavy atom. The molecule has 0 amide bonds. The Balaban J connectivity index is 0. The van der Waals surface area contributed by atoms with Crippen molar-refractivity contribution in [2.75, 3.05) is 12.5 Å². The number of unbranched alkanes of at least 4 members (excludes halogenated alkanes) is 2. The van der Waals surface area contributed by atoms with E-state index in [1.165, 1.54) is 19.3 Å². The number of halogens is 1. The molecule has 52 valence electrons. The zero-order chi connectivity index (χ0) is 6.83. The maximum Gasteiger partial charge on any atom is 0.0223 e. The fraction of sp³-hybridized carbons (Fsp3) is 1.00. The molecular formula is C6H16ClP. The van der Waals surface area contributed by atoms with E-state index in [-0.39, 0.29) is 0 Å². The van der Waals surface area contributed by atoms with Crippen LogP contribution in [0.15, 0.2) is 0 Å². The third-order valence-electron chi connectivity index (χ3n) is 0.737. The van der Waals surface area contributed by atoms with Crippen molar-refractivity contribution >= 4 is 20.8 Å². The van der Waals surface area contributed by atoms with E-state index in [4.69, 9.17) is 11.6 Å². The predicted octanol–water partition coefficient (Wildman–Crippen LogP) is 2.91. The van der Waals surface area contributed by atoms with Crippen LogP contribution in [0, 0.1) is 0 Å². The van der Waals surface area contributed by atoms with Gasteiger partial charge in [-0.05, 0) is 6.42 Å². The lowest BCUT2D eigenvalue weighted by Gasteiger charge is -1.84. The van der Waals surface area contributed by atoms with E-state index >= 15 is 0 Å². The number of hydrogen-bond donors (Lipinski definition) is 0. The molecule has 0 heterocycles. The van der Waals surface area contributed by atoms with E-state index in [9.17, 15) is 0 Å². The highest BCUT2D eigenvalue weighted by atomic mass is 35.5. The van der Waals surface area contributed by atoms with Crippen molar-refractivity contribution in [2.45, 2.75) is 26.2 Å². The highest BCUT2D eigenvalue weighted by Crippen LogP contribution is 1.93. The van der Waals surface area contributed by atoms with Gasteiger partial charge in [0.2, 0.25) is 0 Å².